The van der Waals surface area contributed by atoms with Gasteiger partial charge in [0.25, 0.3) is 0 Å². The summed E-state index contributed by atoms with van der Waals surface area (Å²) in [6.45, 7) is 8.22. The smallest absolute Gasteiger partial charge is 0.193 e. The molecule has 222 valence electrons. The van der Waals surface area contributed by atoms with Crippen LogP contribution in [0, 0.1) is 12.8 Å². The van der Waals surface area contributed by atoms with Gasteiger partial charge >= 0.3 is 0 Å². The normalized spacial score (nSPS) is 15.8. The molecule has 0 bridgehead atoms. The first kappa shape index (κ1) is 29.7. The third-order valence-corrected chi connectivity index (χ3v) is 8.09. The van der Waals surface area contributed by atoms with Crippen LogP contribution in [0.2, 0.25) is 0 Å². The van der Waals surface area contributed by atoms with E-state index in [0.717, 1.165) is 34.8 Å². The third kappa shape index (κ3) is 7.39. The lowest BCUT2D eigenvalue weighted by Crippen LogP contribution is -2.02. The van der Waals surface area contributed by atoms with Gasteiger partial charge in [-0.3, -0.25) is 4.79 Å². The Labute approximate surface area is 265 Å². The van der Waals surface area contributed by atoms with Crippen molar-refractivity contribution < 1.29 is 14.3 Å². The van der Waals surface area contributed by atoms with Crippen LogP contribution < -0.4 is 9.47 Å². The number of benzene rings is 4. The molecule has 4 aromatic carbocycles. The summed E-state index contributed by atoms with van der Waals surface area (Å²) < 4.78 is 12.2. The van der Waals surface area contributed by atoms with Crippen LogP contribution in [-0.4, -0.2) is 5.78 Å². The van der Waals surface area contributed by atoms with Crippen LogP contribution in [0.1, 0.15) is 41.3 Å². The number of ether oxygens (including phenoxy) is 2. The van der Waals surface area contributed by atoms with Crippen molar-refractivity contribution in [3.63, 3.8) is 0 Å². The van der Waals surface area contributed by atoms with Crippen LogP contribution in [0.15, 0.2) is 163 Å². The molecule has 0 aliphatic heterocycles. The van der Waals surface area contributed by atoms with Gasteiger partial charge < -0.3 is 9.47 Å². The van der Waals surface area contributed by atoms with Crippen LogP contribution >= 0.6 is 0 Å². The molecule has 0 aromatic heterocycles. The fraction of sp³-hybridized carbons (Fsp3) is 0.119. The molecule has 1 atom stereocenters. The van der Waals surface area contributed by atoms with Crippen molar-refractivity contribution in [3.8, 4) is 28.4 Å². The molecule has 2 aliphatic rings. The summed E-state index contributed by atoms with van der Waals surface area (Å²) in [7, 11) is 0. The summed E-state index contributed by atoms with van der Waals surface area (Å²) >= 11 is 0. The molecule has 4 aromatic rings. The highest BCUT2D eigenvalue weighted by Gasteiger charge is 2.14. The van der Waals surface area contributed by atoms with Crippen molar-refractivity contribution in [2.75, 3.05) is 0 Å². The van der Waals surface area contributed by atoms with Gasteiger partial charge in [-0.15, -0.1) is 0 Å². The highest BCUT2D eigenvalue weighted by molar-refractivity contribution is 6.10. The molecule has 45 heavy (non-hydrogen) atoms. The first-order valence-corrected chi connectivity index (χ1v) is 15.3. The van der Waals surface area contributed by atoms with Crippen LogP contribution in [0.3, 0.4) is 0 Å². The molecule has 0 spiro atoms. The van der Waals surface area contributed by atoms with Gasteiger partial charge in [0.05, 0.1) is 0 Å². The Morgan fingerprint density at radius 3 is 1.89 bits per heavy atom. The monoisotopic (exact) mass is 588 g/mol. The Kier molecular flexibility index (Phi) is 8.89. The van der Waals surface area contributed by atoms with Gasteiger partial charge in [0.1, 0.15) is 23.0 Å². The highest BCUT2D eigenvalue weighted by atomic mass is 16.5. The Morgan fingerprint density at radius 1 is 0.711 bits per heavy atom. The number of rotatable bonds is 9. The summed E-state index contributed by atoms with van der Waals surface area (Å²) in [6, 6.07) is 32.0. The molecule has 0 N–H and O–H groups in total. The van der Waals surface area contributed by atoms with Crippen molar-refractivity contribution >= 4 is 11.4 Å². The number of allylic oxidation sites excluding steroid dienone is 10. The minimum Gasteiger partial charge on any atom is -0.461 e. The maximum Gasteiger partial charge on any atom is 0.193 e. The van der Waals surface area contributed by atoms with E-state index in [1.165, 1.54) is 22.3 Å². The number of carbonyl (C=O) groups excluding carboxylic acids is 1. The SMILES string of the molecule is C=C(C)C1C=CC(c2ccc(C(=O)C3=CC=C(Oc4ccc(Oc5ccc(-c6ccc(C)cc6)cc5)cc4)CC=C3)cc2)=CC1. The molecule has 6 rings (SSSR count). The number of Topliss-reactive ketones (excluding diaryl/α,β-unsaturated/α-hetero) is 1. The summed E-state index contributed by atoms with van der Waals surface area (Å²) in [4.78, 5) is 13.3. The first-order valence-electron chi connectivity index (χ1n) is 15.3. The van der Waals surface area contributed by atoms with Crippen molar-refractivity contribution in [2.24, 2.45) is 5.92 Å². The second kappa shape index (κ2) is 13.5. The molecule has 2 aliphatic carbocycles. The first-order chi connectivity index (χ1) is 21.9. The van der Waals surface area contributed by atoms with Crippen LogP contribution in [0.4, 0.5) is 0 Å². The second-order valence-electron chi connectivity index (χ2n) is 11.5. The van der Waals surface area contributed by atoms with Gasteiger partial charge in [0, 0.05) is 23.5 Å². The number of hydrogen-bond acceptors (Lipinski definition) is 3. The number of hydrogen-bond donors (Lipinski definition) is 0. The van der Waals surface area contributed by atoms with Crippen molar-refractivity contribution in [1.82, 2.24) is 0 Å². The molecule has 3 heteroatoms. The minimum atomic E-state index is -0.0146. The Balaban J connectivity index is 1.05. The average Bonchev–Trinajstić information content (AvgIpc) is 3.32. The number of carbonyl (C=O) groups is 1. The fourth-order valence-electron chi connectivity index (χ4n) is 5.34. The molecular weight excluding hydrogens is 552 g/mol. The highest BCUT2D eigenvalue weighted by Crippen LogP contribution is 2.30. The van der Waals surface area contributed by atoms with Crippen LogP contribution in [0.5, 0.6) is 17.2 Å². The average molecular weight is 589 g/mol. The van der Waals surface area contributed by atoms with Crippen LogP contribution in [0.25, 0.3) is 16.7 Å². The summed E-state index contributed by atoms with van der Waals surface area (Å²) in [6.07, 6.45) is 15.7. The number of aryl methyl sites for hydroxylation is 1. The topological polar surface area (TPSA) is 35.5 Å². The zero-order chi connectivity index (χ0) is 31.2. The Bertz CT molecular complexity index is 1840. The van der Waals surface area contributed by atoms with E-state index in [1.807, 2.05) is 85.0 Å². The molecule has 0 radical (unpaired) electrons. The predicted octanol–water partition coefficient (Wildman–Crippen LogP) is 11.0. The molecule has 0 fully saturated rings. The largest absolute Gasteiger partial charge is 0.461 e. The zero-order valence-electron chi connectivity index (χ0n) is 25.7. The molecular formula is C42H36O3. The summed E-state index contributed by atoms with van der Waals surface area (Å²) in [5.74, 6) is 3.35. The van der Waals surface area contributed by atoms with Crippen molar-refractivity contribution in [3.05, 3.63) is 180 Å². The van der Waals surface area contributed by atoms with E-state index in [-0.39, 0.29) is 5.78 Å². The van der Waals surface area contributed by atoms with E-state index in [2.05, 4.69) is 75.1 Å². The summed E-state index contributed by atoms with van der Waals surface area (Å²) in [5, 5.41) is 0. The Morgan fingerprint density at radius 2 is 1.29 bits per heavy atom. The molecule has 3 nitrogen and oxygen atoms in total. The van der Waals surface area contributed by atoms with E-state index in [0.29, 0.717) is 29.2 Å². The predicted molar refractivity (Wildman–Crippen MR) is 184 cm³/mol. The fourth-order valence-corrected chi connectivity index (χ4v) is 5.34. The summed E-state index contributed by atoms with van der Waals surface area (Å²) in [5.41, 5.74) is 8.32. The van der Waals surface area contributed by atoms with E-state index in [9.17, 15) is 4.79 Å². The van der Waals surface area contributed by atoms with Gasteiger partial charge in [-0.1, -0.05) is 109 Å². The van der Waals surface area contributed by atoms with Crippen molar-refractivity contribution in [2.45, 2.75) is 26.7 Å². The zero-order valence-corrected chi connectivity index (χ0v) is 25.7. The van der Waals surface area contributed by atoms with Gasteiger partial charge in [-0.25, -0.2) is 0 Å². The maximum absolute atomic E-state index is 13.3. The third-order valence-electron chi connectivity index (χ3n) is 8.09. The van der Waals surface area contributed by atoms with E-state index in [1.54, 1.807) is 0 Å². The van der Waals surface area contributed by atoms with Crippen molar-refractivity contribution in [1.29, 1.82) is 0 Å². The maximum atomic E-state index is 13.3. The lowest BCUT2D eigenvalue weighted by Gasteiger charge is -2.16. The lowest BCUT2D eigenvalue weighted by molar-refractivity contribution is 0.103. The molecule has 0 heterocycles. The standard InChI is InChI=1S/C42H36O3/c1-29(2)31-11-13-33(14-12-31)34-15-17-37(18-16-34)42(43)36-5-4-6-38(24-21-36)44-40-25-27-41(28-26-40)45-39-22-19-35(20-23-39)32-9-7-30(3)8-10-32/h4-5,7-11,13-28,31H,1,6,12H2,2-3H3. The van der Waals surface area contributed by atoms with E-state index >= 15 is 0 Å². The van der Waals surface area contributed by atoms with Gasteiger partial charge in [-0.2, -0.15) is 0 Å². The molecule has 0 amide bonds. The number of ketones is 1. The molecule has 0 saturated carbocycles. The molecule has 1 unspecified atom stereocenters. The minimum absolute atomic E-state index is 0.0146. The van der Waals surface area contributed by atoms with Gasteiger partial charge in [-0.05, 0) is 91.1 Å². The van der Waals surface area contributed by atoms with Crippen LogP contribution in [-0.2, 0) is 0 Å². The van der Waals surface area contributed by atoms with E-state index in [4.69, 9.17) is 9.47 Å². The molecule has 0 saturated heterocycles. The van der Waals surface area contributed by atoms with E-state index < -0.39 is 0 Å². The Hall–Kier alpha value is -5.41. The van der Waals surface area contributed by atoms with Gasteiger partial charge in [0.2, 0.25) is 0 Å². The lowest BCUT2D eigenvalue weighted by atomic mass is 9.89. The second-order valence-corrected chi connectivity index (χ2v) is 11.5. The van der Waals surface area contributed by atoms with Gasteiger partial charge in [0.15, 0.2) is 5.78 Å². The quantitative estimate of drug-likeness (QED) is 0.144.